The molecule has 0 aromatic heterocycles. The lowest BCUT2D eigenvalue weighted by molar-refractivity contribution is 0.0904. The molecule has 3 nitrogen and oxygen atoms in total. The van der Waals surface area contributed by atoms with E-state index in [4.69, 9.17) is 5.73 Å². The van der Waals surface area contributed by atoms with Crippen LogP contribution >= 0.6 is 0 Å². The van der Waals surface area contributed by atoms with E-state index in [1.807, 2.05) is 24.3 Å². The van der Waals surface area contributed by atoms with Crippen molar-refractivity contribution in [2.24, 2.45) is 11.7 Å². The molecule has 2 unspecified atom stereocenters. The quantitative estimate of drug-likeness (QED) is 0.867. The van der Waals surface area contributed by atoms with E-state index in [1.54, 1.807) is 0 Å². The molecule has 2 rings (SSSR count). The number of benzene rings is 1. The third-order valence-electron chi connectivity index (χ3n) is 4.40. The van der Waals surface area contributed by atoms with Gasteiger partial charge in [-0.2, -0.15) is 0 Å². The van der Waals surface area contributed by atoms with E-state index in [9.17, 15) is 4.79 Å². The van der Waals surface area contributed by atoms with Crippen molar-refractivity contribution in [1.82, 2.24) is 5.32 Å². The van der Waals surface area contributed by atoms with Gasteiger partial charge in [-0.25, -0.2) is 0 Å². The molecule has 1 amide bonds. The summed E-state index contributed by atoms with van der Waals surface area (Å²) in [6, 6.07) is 8.17. The SMILES string of the molecule is CCC1CCCCC1NC(=O)c1ccc(CCN)cc1. The zero-order chi connectivity index (χ0) is 14.4. The highest BCUT2D eigenvalue weighted by Crippen LogP contribution is 2.27. The maximum absolute atomic E-state index is 12.3. The lowest BCUT2D eigenvalue weighted by atomic mass is 9.83. The van der Waals surface area contributed by atoms with Crippen LogP contribution in [0.4, 0.5) is 0 Å². The molecule has 3 heteroatoms. The number of hydrogen-bond acceptors (Lipinski definition) is 2. The predicted molar refractivity (Wildman–Crippen MR) is 82.7 cm³/mol. The van der Waals surface area contributed by atoms with Crippen LogP contribution in [0, 0.1) is 5.92 Å². The van der Waals surface area contributed by atoms with Crippen LogP contribution in [-0.2, 0) is 6.42 Å². The Morgan fingerprint density at radius 1 is 1.25 bits per heavy atom. The second-order valence-corrected chi connectivity index (χ2v) is 5.77. The summed E-state index contributed by atoms with van der Waals surface area (Å²) < 4.78 is 0. The zero-order valence-electron chi connectivity index (χ0n) is 12.4. The minimum absolute atomic E-state index is 0.0645. The Morgan fingerprint density at radius 2 is 1.95 bits per heavy atom. The molecule has 2 atom stereocenters. The number of rotatable bonds is 5. The summed E-state index contributed by atoms with van der Waals surface area (Å²) in [4.78, 5) is 12.3. The van der Waals surface area contributed by atoms with Crippen LogP contribution in [0.5, 0.6) is 0 Å². The fourth-order valence-corrected chi connectivity index (χ4v) is 3.13. The lowest BCUT2D eigenvalue weighted by Crippen LogP contribution is -2.41. The molecule has 0 spiro atoms. The average molecular weight is 274 g/mol. The Balaban J connectivity index is 1.96. The molecule has 1 aliphatic rings. The normalized spacial score (nSPS) is 22.5. The predicted octanol–water partition coefficient (Wildman–Crippen LogP) is 2.89. The number of nitrogens with one attached hydrogen (secondary N) is 1. The van der Waals surface area contributed by atoms with Crippen molar-refractivity contribution in [2.75, 3.05) is 6.54 Å². The van der Waals surface area contributed by atoms with Crippen molar-refractivity contribution in [3.05, 3.63) is 35.4 Å². The molecule has 0 aliphatic heterocycles. The molecule has 20 heavy (non-hydrogen) atoms. The Kier molecular flexibility index (Phi) is 5.60. The molecular weight excluding hydrogens is 248 g/mol. The van der Waals surface area contributed by atoms with Crippen molar-refractivity contribution in [3.63, 3.8) is 0 Å². The molecule has 110 valence electrons. The minimum atomic E-state index is 0.0645. The van der Waals surface area contributed by atoms with Gasteiger partial charge in [0.15, 0.2) is 0 Å². The first-order valence-corrected chi connectivity index (χ1v) is 7.84. The molecule has 1 aliphatic carbocycles. The van der Waals surface area contributed by atoms with Gasteiger partial charge in [0, 0.05) is 11.6 Å². The molecular formula is C17H26N2O. The van der Waals surface area contributed by atoms with Crippen molar-refractivity contribution in [1.29, 1.82) is 0 Å². The molecule has 3 N–H and O–H groups in total. The maximum Gasteiger partial charge on any atom is 0.251 e. The first-order valence-electron chi connectivity index (χ1n) is 7.84. The molecule has 1 fully saturated rings. The molecule has 0 saturated heterocycles. The molecule has 0 radical (unpaired) electrons. The van der Waals surface area contributed by atoms with Gasteiger partial charge >= 0.3 is 0 Å². The number of carbonyl (C=O) groups is 1. The molecule has 1 aromatic carbocycles. The summed E-state index contributed by atoms with van der Waals surface area (Å²) in [5.74, 6) is 0.707. The van der Waals surface area contributed by atoms with Gasteiger partial charge < -0.3 is 11.1 Å². The third-order valence-corrected chi connectivity index (χ3v) is 4.40. The molecule has 0 heterocycles. The summed E-state index contributed by atoms with van der Waals surface area (Å²) in [7, 11) is 0. The van der Waals surface area contributed by atoms with E-state index in [1.165, 1.54) is 24.8 Å². The average Bonchev–Trinajstić information content (AvgIpc) is 2.49. The van der Waals surface area contributed by atoms with E-state index < -0.39 is 0 Å². The smallest absolute Gasteiger partial charge is 0.251 e. The van der Waals surface area contributed by atoms with Gasteiger partial charge in [-0.3, -0.25) is 4.79 Å². The van der Waals surface area contributed by atoms with E-state index in [0.717, 1.165) is 24.8 Å². The fourth-order valence-electron chi connectivity index (χ4n) is 3.13. The Morgan fingerprint density at radius 3 is 2.60 bits per heavy atom. The van der Waals surface area contributed by atoms with Gasteiger partial charge in [0.1, 0.15) is 0 Å². The second-order valence-electron chi connectivity index (χ2n) is 5.77. The van der Waals surface area contributed by atoms with E-state index in [-0.39, 0.29) is 5.91 Å². The Labute approximate surface area is 121 Å². The zero-order valence-corrected chi connectivity index (χ0v) is 12.4. The van der Waals surface area contributed by atoms with Gasteiger partial charge in [0.05, 0.1) is 0 Å². The molecule has 1 aromatic rings. The second kappa shape index (κ2) is 7.44. The summed E-state index contributed by atoms with van der Waals surface area (Å²) in [6.07, 6.45) is 6.92. The van der Waals surface area contributed by atoms with Crippen molar-refractivity contribution >= 4 is 5.91 Å². The van der Waals surface area contributed by atoms with E-state index in [0.29, 0.717) is 18.5 Å². The highest BCUT2D eigenvalue weighted by molar-refractivity contribution is 5.94. The van der Waals surface area contributed by atoms with Crippen LogP contribution in [0.3, 0.4) is 0 Å². The van der Waals surface area contributed by atoms with Crippen molar-refractivity contribution in [2.45, 2.75) is 51.5 Å². The summed E-state index contributed by atoms with van der Waals surface area (Å²) in [6.45, 7) is 2.86. The number of amides is 1. The fraction of sp³-hybridized carbons (Fsp3) is 0.588. The van der Waals surface area contributed by atoms with Gasteiger partial charge in [0.25, 0.3) is 5.91 Å². The molecule has 0 bridgehead atoms. The third kappa shape index (κ3) is 3.83. The monoisotopic (exact) mass is 274 g/mol. The highest BCUT2D eigenvalue weighted by atomic mass is 16.1. The number of hydrogen-bond donors (Lipinski definition) is 2. The summed E-state index contributed by atoms with van der Waals surface area (Å²) in [5.41, 5.74) is 7.48. The van der Waals surface area contributed by atoms with Gasteiger partial charge in [-0.1, -0.05) is 38.3 Å². The summed E-state index contributed by atoms with van der Waals surface area (Å²) in [5, 5.41) is 3.22. The first-order chi connectivity index (χ1) is 9.74. The van der Waals surface area contributed by atoms with Crippen molar-refractivity contribution < 1.29 is 4.79 Å². The van der Waals surface area contributed by atoms with Crippen LogP contribution in [0.1, 0.15) is 54.9 Å². The van der Waals surface area contributed by atoms with Gasteiger partial charge in [-0.15, -0.1) is 0 Å². The standard InChI is InChI=1S/C17H26N2O/c1-2-14-5-3-4-6-16(14)19-17(20)15-9-7-13(8-10-15)11-12-18/h7-10,14,16H,2-6,11-12,18H2,1H3,(H,19,20). The first kappa shape index (κ1) is 15.0. The maximum atomic E-state index is 12.3. The van der Waals surface area contributed by atoms with E-state index >= 15 is 0 Å². The molecule has 1 saturated carbocycles. The lowest BCUT2D eigenvalue weighted by Gasteiger charge is -2.31. The Bertz CT molecular complexity index is 427. The topological polar surface area (TPSA) is 55.1 Å². The van der Waals surface area contributed by atoms with Gasteiger partial charge in [-0.05, 0) is 49.4 Å². The van der Waals surface area contributed by atoms with Crippen LogP contribution in [0.25, 0.3) is 0 Å². The van der Waals surface area contributed by atoms with Gasteiger partial charge in [0.2, 0.25) is 0 Å². The van der Waals surface area contributed by atoms with E-state index in [2.05, 4.69) is 12.2 Å². The van der Waals surface area contributed by atoms with Crippen LogP contribution in [0.15, 0.2) is 24.3 Å². The van der Waals surface area contributed by atoms with Crippen LogP contribution in [-0.4, -0.2) is 18.5 Å². The summed E-state index contributed by atoms with van der Waals surface area (Å²) >= 11 is 0. The van der Waals surface area contributed by atoms with Crippen LogP contribution < -0.4 is 11.1 Å². The minimum Gasteiger partial charge on any atom is -0.349 e. The number of carbonyl (C=O) groups excluding carboxylic acids is 1. The Hall–Kier alpha value is -1.35. The van der Waals surface area contributed by atoms with Crippen LogP contribution in [0.2, 0.25) is 0 Å². The van der Waals surface area contributed by atoms with Crippen molar-refractivity contribution in [3.8, 4) is 0 Å². The highest BCUT2D eigenvalue weighted by Gasteiger charge is 2.25. The largest absolute Gasteiger partial charge is 0.349 e. The number of nitrogens with two attached hydrogens (primary N) is 1.